The van der Waals surface area contributed by atoms with Crippen molar-refractivity contribution < 1.29 is 0 Å². The normalized spacial score (nSPS) is 14.6. The molecule has 1 nitrogen and oxygen atoms in total. The SMILES string of the molecule is c1ccc(C2(c3ccccc3)c3ccccc3-c3ccc(N(c4ccc5c(c4)C(c4ccccc4)(c4ccccc4)c4ccccc4-5)c4ccc5c(c4)C4(c6ccccc6-c6ccccc64)c4ccccc4-5)cc32)cc1. The van der Waals surface area contributed by atoms with Crippen LogP contribution < -0.4 is 4.90 Å². The fraction of sp³-hybridized carbons (Fsp3) is 0.0400. The van der Waals surface area contributed by atoms with E-state index in [0.717, 1.165) is 17.1 Å². The number of hydrogen-bond donors (Lipinski definition) is 0. The van der Waals surface area contributed by atoms with Gasteiger partial charge in [0.25, 0.3) is 0 Å². The Hall–Kier alpha value is -9.56. The lowest BCUT2D eigenvalue weighted by molar-refractivity contribution is 0.767. The minimum atomic E-state index is -0.577. The number of nitrogens with zero attached hydrogens (tertiary/aromatic N) is 1. The number of rotatable bonds is 7. The quantitative estimate of drug-likeness (QED) is 0.154. The summed E-state index contributed by atoms with van der Waals surface area (Å²) in [6.45, 7) is 0. The molecule has 12 aromatic rings. The van der Waals surface area contributed by atoms with Gasteiger partial charge in [0, 0.05) is 17.1 Å². The Morgan fingerprint density at radius 2 is 0.382 bits per heavy atom. The second-order valence-electron chi connectivity index (χ2n) is 21.0. The summed E-state index contributed by atoms with van der Waals surface area (Å²) in [5, 5.41) is 0. The zero-order valence-corrected chi connectivity index (χ0v) is 41.7. The van der Waals surface area contributed by atoms with Crippen molar-refractivity contribution in [3.05, 3.63) is 364 Å². The molecule has 0 aliphatic heterocycles. The molecule has 0 atom stereocenters. The Balaban J connectivity index is 1.00. The zero-order chi connectivity index (χ0) is 50.0. The average molecular weight is 964 g/mol. The number of benzene rings is 12. The van der Waals surface area contributed by atoms with Crippen LogP contribution in [0.5, 0.6) is 0 Å². The van der Waals surface area contributed by atoms with Crippen LogP contribution in [0.25, 0.3) is 44.5 Å². The Bertz CT molecular complexity index is 3820. The molecule has 0 radical (unpaired) electrons. The van der Waals surface area contributed by atoms with Gasteiger partial charge in [0.1, 0.15) is 0 Å². The van der Waals surface area contributed by atoms with E-state index >= 15 is 0 Å². The molecule has 0 heterocycles. The smallest absolute Gasteiger partial charge is 0.0726 e. The van der Waals surface area contributed by atoms with Crippen molar-refractivity contribution in [2.24, 2.45) is 0 Å². The summed E-state index contributed by atoms with van der Waals surface area (Å²) in [7, 11) is 0. The Morgan fingerprint density at radius 1 is 0.171 bits per heavy atom. The van der Waals surface area contributed by atoms with Crippen LogP contribution in [0.2, 0.25) is 0 Å². The van der Waals surface area contributed by atoms with Gasteiger partial charge in [-0.05, 0) is 148 Å². The van der Waals surface area contributed by atoms with E-state index in [0.29, 0.717) is 0 Å². The van der Waals surface area contributed by atoms with Gasteiger partial charge in [-0.25, -0.2) is 0 Å². The van der Waals surface area contributed by atoms with Gasteiger partial charge in [0.05, 0.1) is 16.2 Å². The molecule has 0 aromatic heterocycles. The van der Waals surface area contributed by atoms with Crippen molar-refractivity contribution in [2.75, 3.05) is 4.90 Å². The zero-order valence-electron chi connectivity index (χ0n) is 41.7. The molecule has 0 N–H and O–H groups in total. The van der Waals surface area contributed by atoms with E-state index in [1.165, 1.54) is 111 Å². The number of fused-ring (bicyclic) bond motifs is 16. The van der Waals surface area contributed by atoms with Gasteiger partial charge in [-0.2, -0.15) is 0 Å². The summed E-state index contributed by atoms with van der Waals surface area (Å²) in [5.74, 6) is 0. The summed E-state index contributed by atoms with van der Waals surface area (Å²) in [5.41, 5.74) is 27.3. The van der Waals surface area contributed by atoms with Crippen LogP contribution in [0.1, 0.15) is 66.8 Å². The first-order valence-electron chi connectivity index (χ1n) is 26.7. The van der Waals surface area contributed by atoms with Crippen LogP contribution in [0, 0.1) is 0 Å². The maximum atomic E-state index is 2.57. The van der Waals surface area contributed by atoms with Gasteiger partial charge in [-0.3, -0.25) is 0 Å². The maximum Gasteiger partial charge on any atom is 0.0726 e. The topological polar surface area (TPSA) is 3.24 Å². The van der Waals surface area contributed by atoms with E-state index < -0.39 is 16.2 Å². The number of anilines is 3. The highest BCUT2D eigenvalue weighted by molar-refractivity contribution is 5.98. The summed E-state index contributed by atoms with van der Waals surface area (Å²) in [6.07, 6.45) is 0. The molecule has 4 aliphatic rings. The van der Waals surface area contributed by atoms with E-state index in [-0.39, 0.29) is 0 Å². The van der Waals surface area contributed by atoms with E-state index in [9.17, 15) is 0 Å². The molecular weight excluding hydrogens is 915 g/mol. The van der Waals surface area contributed by atoms with Crippen molar-refractivity contribution in [3.63, 3.8) is 0 Å². The molecule has 76 heavy (non-hydrogen) atoms. The lowest BCUT2D eigenvalue weighted by atomic mass is 9.67. The highest BCUT2D eigenvalue weighted by Gasteiger charge is 2.53. The first-order chi connectivity index (χ1) is 37.7. The van der Waals surface area contributed by atoms with E-state index in [1.807, 2.05) is 0 Å². The number of hydrogen-bond acceptors (Lipinski definition) is 1. The molecule has 0 amide bonds. The van der Waals surface area contributed by atoms with Gasteiger partial charge in [-0.1, -0.05) is 261 Å². The summed E-state index contributed by atoms with van der Waals surface area (Å²) >= 11 is 0. The predicted octanol–water partition coefficient (Wildman–Crippen LogP) is 18.2. The Morgan fingerprint density at radius 3 is 0.658 bits per heavy atom. The summed E-state index contributed by atoms with van der Waals surface area (Å²) in [4.78, 5) is 2.57. The van der Waals surface area contributed by atoms with Gasteiger partial charge in [0.2, 0.25) is 0 Å². The van der Waals surface area contributed by atoms with Gasteiger partial charge >= 0.3 is 0 Å². The van der Waals surface area contributed by atoms with Gasteiger partial charge < -0.3 is 4.90 Å². The fourth-order valence-corrected chi connectivity index (χ4v) is 14.8. The largest absolute Gasteiger partial charge is 0.310 e. The summed E-state index contributed by atoms with van der Waals surface area (Å²) < 4.78 is 0. The second-order valence-corrected chi connectivity index (χ2v) is 21.0. The standard InChI is InChI=1S/C75H49N/c1-5-23-50(24-6-1)73(51-25-7-2-8-26-51)65-36-18-13-33-59(65)62-44-41-54(47-70(62)73)76(55-42-45-63-60-34-14-19-37-66(60)74(71(63)48-55,52-27-9-3-10-28-52)53-29-11-4-12-30-53)56-43-46-64-61-35-17-22-40-69(61)75(72(64)49-56)67-38-20-15-31-57(67)58-32-16-21-39-68(58)75/h1-49H. The van der Waals surface area contributed by atoms with E-state index in [2.05, 4.69) is 302 Å². The molecule has 1 heteroatoms. The maximum absolute atomic E-state index is 2.57. The molecule has 0 saturated carbocycles. The molecular formula is C75H49N. The van der Waals surface area contributed by atoms with Crippen LogP contribution >= 0.6 is 0 Å². The lowest BCUT2D eigenvalue weighted by Crippen LogP contribution is -2.29. The third-order valence-corrected chi connectivity index (χ3v) is 17.6. The molecule has 0 unspecified atom stereocenters. The lowest BCUT2D eigenvalue weighted by Gasteiger charge is -2.36. The minimum Gasteiger partial charge on any atom is -0.310 e. The van der Waals surface area contributed by atoms with Crippen LogP contribution in [-0.2, 0) is 16.2 Å². The molecule has 0 bridgehead atoms. The monoisotopic (exact) mass is 963 g/mol. The van der Waals surface area contributed by atoms with E-state index in [4.69, 9.17) is 0 Å². The van der Waals surface area contributed by atoms with Crippen molar-refractivity contribution in [3.8, 4) is 44.5 Å². The predicted molar refractivity (Wildman–Crippen MR) is 312 cm³/mol. The first kappa shape index (κ1) is 42.9. The molecule has 1 spiro atoms. The highest BCUT2D eigenvalue weighted by Crippen LogP contribution is 2.64. The minimum absolute atomic E-state index is 0.508. The third-order valence-electron chi connectivity index (χ3n) is 17.6. The van der Waals surface area contributed by atoms with Gasteiger partial charge in [0.15, 0.2) is 0 Å². The third kappa shape index (κ3) is 5.54. The second kappa shape index (κ2) is 16.2. The Kier molecular flexibility index (Phi) is 9.15. The molecule has 16 rings (SSSR count). The Labute approximate surface area is 444 Å². The fourth-order valence-electron chi connectivity index (χ4n) is 14.8. The van der Waals surface area contributed by atoms with Crippen molar-refractivity contribution in [1.82, 2.24) is 0 Å². The first-order valence-corrected chi connectivity index (χ1v) is 26.7. The average Bonchev–Trinajstić information content (AvgIpc) is 4.39. The molecule has 0 fully saturated rings. The molecule has 0 saturated heterocycles. The van der Waals surface area contributed by atoms with Crippen molar-refractivity contribution >= 4 is 17.1 Å². The van der Waals surface area contributed by atoms with Crippen LogP contribution in [0.4, 0.5) is 17.1 Å². The molecule has 4 aliphatic carbocycles. The van der Waals surface area contributed by atoms with Crippen LogP contribution in [0.3, 0.4) is 0 Å². The van der Waals surface area contributed by atoms with Crippen molar-refractivity contribution in [2.45, 2.75) is 16.2 Å². The van der Waals surface area contributed by atoms with Crippen LogP contribution in [-0.4, -0.2) is 0 Å². The van der Waals surface area contributed by atoms with Crippen LogP contribution in [0.15, 0.2) is 297 Å². The highest BCUT2D eigenvalue weighted by atomic mass is 15.1. The summed E-state index contributed by atoms with van der Waals surface area (Å²) in [6, 6.07) is 112. The molecule has 354 valence electrons. The van der Waals surface area contributed by atoms with Crippen molar-refractivity contribution in [1.29, 1.82) is 0 Å². The van der Waals surface area contributed by atoms with Gasteiger partial charge in [-0.15, -0.1) is 0 Å². The molecule has 12 aromatic carbocycles. The van der Waals surface area contributed by atoms with E-state index in [1.54, 1.807) is 0 Å².